The van der Waals surface area contributed by atoms with Crippen molar-refractivity contribution in [3.63, 3.8) is 0 Å². The molecule has 94 valence electrons. The van der Waals surface area contributed by atoms with Gasteiger partial charge in [-0.2, -0.15) is 0 Å². The molecule has 7 heteroatoms. The maximum absolute atomic E-state index is 6.13. The van der Waals surface area contributed by atoms with E-state index in [1.165, 1.54) is 6.20 Å². The van der Waals surface area contributed by atoms with Crippen molar-refractivity contribution in [3.05, 3.63) is 43.6 Å². The van der Waals surface area contributed by atoms with E-state index in [2.05, 4.69) is 4.98 Å². The van der Waals surface area contributed by atoms with Crippen LogP contribution in [0, 0.1) is 0 Å². The molecule has 18 heavy (non-hydrogen) atoms. The van der Waals surface area contributed by atoms with E-state index in [1.54, 1.807) is 12.3 Å². The van der Waals surface area contributed by atoms with E-state index in [-0.39, 0.29) is 25.1 Å². The molecule has 1 aromatic heterocycles. The molecule has 0 bridgehead atoms. The largest absolute Gasteiger partial charge is 0.397 e. The lowest BCUT2D eigenvalue weighted by Crippen LogP contribution is -1.91. The molecule has 0 unspecified atom stereocenters. The number of rotatable bonds is 1. The first-order valence-corrected chi connectivity index (χ1v) is 6.54. The van der Waals surface area contributed by atoms with Gasteiger partial charge >= 0.3 is 0 Å². The molecule has 0 aliphatic rings. The van der Waals surface area contributed by atoms with Crippen LogP contribution in [0.25, 0.3) is 11.1 Å². The second-order valence-corrected chi connectivity index (χ2v) is 5.34. The number of benzene rings is 1. The standard InChI is InChI=1S/C11H5Cl5N2/c12-7-6(4-1-5(17)3-18-2-4)8(13)10(15)11(16)9(7)14/h1-3H,17H2. The molecule has 0 aliphatic carbocycles. The van der Waals surface area contributed by atoms with Crippen LogP contribution in [-0.4, -0.2) is 4.98 Å². The molecule has 0 saturated carbocycles. The summed E-state index contributed by atoms with van der Waals surface area (Å²) in [5, 5.41) is 0.830. The number of nitrogen functional groups attached to an aromatic ring is 1. The summed E-state index contributed by atoms with van der Waals surface area (Å²) in [4.78, 5) is 3.96. The van der Waals surface area contributed by atoms with Gasteiger partial charge in [0.1, 0.15) is 0 Å². The minimum absolute atomic E-state index is 0.119. The Balaban J connectivity index is 2.80. The van der Waals surface area contributed by atoms with Crippen molar-refractivity contribution in [2.75, 3.05) is 5.73 Å². The van der Waals surface area contributed by atoms with Crippen LogP contribution in [0.1, 0.15) is 0 Å². The van der Waals surface area contributed by atoms with Gasteiger partial charge in [0.25, 0.3) is 0 Å². The van der Waals surface area contributed by atoms with Crippen molar-refractivity contribution < 1.29 is 0 Å². The first kappa shape index (κ1) is 14.0. The topological polar surface area (TPSA) is 38.9 Å². The number of hydrogen-bond donors (Lipinski definition) is 1. The molecule has 2 aromatic rings. The molecule has 0 amide bonds. The summed E-state index contributed by atoms with van der Waals surface area (Å²) in [6.45, 7) is 0. The Hall–Kier alpha value is -0.380. The molecule has 0 aliphatic heterocycles. The summed E-state index contributed by atoms with van der Waals surface area (Å²) in [6, 6.07) is 1.67. The Bertz CT molecular complexity index is 598. The van der Waals surface area contributed by atoms with E-state index in [1.807, 2.05) is 0 Å². The number of halogens is 5. The third kappa shape index (κ3) is 2.36. The fraction of sp³-hybridized carbons (Fsp3) is 0. The first-order valence-electron chi connectivity index (χ1n) is 4.65. The maximum Gasteiger partial charge on any atom is 0.0809 e. The lowest BCUT2D eigenvalue weighted by atomic mass is 10.1. The average molecular weight is 342 g/mol. The van der Waals surface area contributed by atoms with Crippen molar-refractivity contribution in [2.45, 2.75) is 0 Å². The Kier molecular flexibility index (Phi) is 4.15. The van der Waals surface area contributed by atoms with Crippen molar-refractivity contribution in [1.29, 1.82) is 0 Å². The Morgan fingerprint density at radius 2 is 1.28 bits per heavy atom. The van der Waals surface area contributed by atoms with Crippen LogP contribution in [-0.2, 0) is 0 Å². The summed E-state index contributed by atoms with van der Waals surface area (Å²) < 4.78 is 0. The van der Waals surface area contributed by atoms with Crippen LogP contribution in [0.4, 0.5) is 5.69 Å². The SMILES string of the molecule is Nc1cncc(-c2c(Cl)c(Cl)c(Cl)c(Cl)c2Cl)c1. The minimum Gasteiger partial charge on any atom is -0.397 e. The van der Waals surface area contributed by atoms with E-state index < -0.39 is 0 Å². The second kappa shape index (κ2) is 5.32. The molecule has 2 N–H and O–H groups in total. The van der Waals surface area contributed by atoms with Gasteiger partial charge in [-0.15, -0.1) is 0 Å². The first-order chi connectivity index (χ1) is 8.43. The molecular weight excluding hydrogens is 337 g/mol. The van der Waals surface area contributed by atoms with Gasteiger partial charge in [-0.25, -0.2) is 0 Å². The van der Waals surface area contributed by atoms with Crippen LogP contribution in [0.3, 0.4) is 0 Å². The molecule has 0 atom stereocenters. The highest BCUT2D eigenvalue weighted by molar-refractivity contribution is 6.56. The predicted octanol–water partition coefficient (Wildman–Crippen LogP) is 5.60. The van der Waals surface area contributed by atoms with E-state index in [0.29, 0.717) is 16.8 Å². The van der Waals surface area contributed by atoms with Gasteiger partial charge in [-0.3, -0.25) is 4.98 Å². The van der Waals surface area contributed by atoms with Crippen LogP contribution in [0.5, 0.6) is 0 Å². The lowest BCUT2D eigenvalue weighted by molar-refractivity contribution is 1.33. The zero-order valence-electron chi connectivity index (χ0n) is 8.65. The van der Waals surface area contributed by atoms with Crippen molar-refractivity contribution in [3.8, 4) is 11.1 Å². The fourth-order valence-corrected chi connectivity index (χ4v) is 2.81. The summed E-state index contributed by atoms with van der Waals surface area (Å²) in [7, 11) is 0. The number of nitrogens with zero attached hydrogens (tertiary/aromatic N) is 1. The highest BCUT2D eigenvalue weighted by atomic mass is 35.5. The molecule has 0 saturated heterocycles. The van der Waals surface area contributed by atoms with Crippen LogP contribution in [0.2, 0.25) is 25.1 Å². The van der Waals surface area contributed by atoms with E-state index in [9.17, 15) is 0 Å². The number of anilines is 1. The third-order valence-electron chi connectivity index (χ3n) is 2.26. The van der Waals surface area contributed by atoms with Gasteiger partial charge in [-0.1, -0.05) is 58.0 Å². The number of hydrogen-bond acceptors (Lipinski definition) is 2. The second-order valence-electron chi connectivity index (χ2n) is 3.45. The Morgan fingerprint density at radius 3 is 1.78 bits per heavy atom. The molecular formula is C11H5Cl5N2. The quantitative estimate of drug-likeness (QED) is 0.541. The summed E-state index contributed by atoms with van der Waals surface area (Å²) in [5.74, 6) is 0. The van der Waals surface area contributed by atoms with Crippen molar-refractivity contribution in [2.24, 2.45) is 0 Å². The summed E-state index contributed by atoms with van der Waals surface area (Å²) >= 11 is 30.2. The number of nitrogens with two attached hydrogens (primary N) is 1. The van der Waals surface area contributed by atoms with Crippen LogP contribution >= 0.6 is 58.0 Å². The lowest BCUT2D eigenvalue weighted by Gasteiger charge is -2.12. The highest BCUT2D eigenvalue weighted by Gasteiger charge is 2.20. The van der Waals surface area contributed by atoms with Gasteiger partial charge in [0.15, 0.2) is 0 Å². The Morgan fingerprint density at radius 1 is 0.778 bits per heavy atom. The van der Waals surface area contributed by atoms with Gasteiger partial charge in [0, 0.05) is 23.5 Å². The molecule has 0 radical (unpaired) electrons. The molecule has 1 aromatic carbocycles. The van der Waals surface area contributed by atoms with Gasteiger partial charge < -0.3 is 5.73 Å². The third-order valence-corrected chi connectivity index (χ3v) is 4.53. The summed E-state index contributed by atoms with van der Waals surface area (Å²) in [5.41, 5.74) is 7.21. The van der Waals surface area contributed by atoms with Crippen LogP contribution in [0.15, 0.2) is 18.5 Å². The fourth-order valence-electron chi connectivity index (χ4n) is 1.45. The number of aromatic nitrogens is 1. The molecule has 1 heterocycles. The van der Waals surface area contributed by atoms with E-state index >= 15 is 0 Å². The monoisotopic (exact) mass is 340 g/mol. The molecule has 0 fully saturated rings. The van der Waals surface area contributed by atoms with Crippen molar-refractivity contribution >= 4 is 63.7 Å². The molecule has 2 nitrogen and oxygen atoms in total. The smallest absolute Gasteiger partial charge is 0.0809 e. The highest BCUT2D eigenvalue weighted by Crippen LogP contribution is 2.48. The number of pyridine rings is 1. The zero-order valence-corrected chi connectivity index (χ0v) is 12.4. The summed E-state index contributed by atoms with van der Waals surface area (Å²) in [6.07, 6.45) is 3.06. The normalized spacial score (nSPS) is 10.7. The van der Waals surface area contributed by atoms with Gasteiger partial charge in [-0.05, 0) is 6.07 Å². The van der Waals surface area contributed by atoms with E-state index in [4.69, 9.17) is 63.7 Å². The predicted molar refractivity (Wildman–Crippen MR) is 79.1 cm³/mol. The van der Waals surface area contributed by atoms with E-state index in [0.717, 1.165) is 0 Å². The van der Waals surface area contributed by atoms with Crippen LogP contribution < -0.4 is 5.73 Å². The van der Waals surface area contributed by atoms with Gasteiger partial charge in [0.05, 0.1) is 30.8 Å². The van der Waals surface area contributed by atoms with Gasteiger partial charge in [0.2, 0.25) is 0 Å². The molecule has 0 spiro atoms. The Labute approximate surface area is 129 Å². The zero-order chi connectivity index (χ0) is 13.4. The average Bonchev–Trinajstić information content (AvgIpc) is 2.34. The molecule has 2 rings (SSSR count). The van der Waals surface area contributed by atoms with Crippen molar-refractivity contribution in [1.82, 2.24) is 4.98 Å². The maximum atomic E-state index is 6.13. The minimum atomic E-state index is 0.119.